The summed E-state index contributed by atoms with van der Waals surface area (Å²) in [7, 11) is 1.60. The van der Waals surface area contributed by atoms with Crippen LogP contribution in [0.1, 0.15) is 27.0 Å². The molecule has 1 amide bonds. The molecule has 110 valence electrons. The summed E-state index contributed by atoms with van der Waals surface area (Å²) in [5.74, 6) is -0.367. The molecular formula is C17H19FN2O. The molecule has 21 heavy (non-hydrogen) atoms. The Balaban J connectivity index is 2.19. The molecule has 0 aliphatic heterocycles. The Kier molecular flexibility index (Phi) is 4.58. The highest BCUT2D eigenvalue weighted by Gasteiger charge is 2.07. The van der Waals surface area contributed by atoms with E-state index < -0.39 is 0 Å². The molecule has 2 aromatic carbocycles. The van der Waals surface area contributed by atoms with E-state index in [1.807, 2.05) is 26.0 Å². The van der Waals surface area contributed by atoms with Gasteiger partial charge in [0.15, 0.2) is 0 Å². The number of anilines is 1. The summed E-state index contributed by atoms with van der Waals surface area (Å²) in [6, 6.07) is 10.2. The van der Waals surface area contributed by atoms with Crippen molar-refractivity contribution in [2.75, 3.05) is 12.4 Å². The van der Waals surface area contributed by atoms with Gasteiger partial charge in [-0.25, -0.2) is 4.39 Å². The third-order valence-electron chi connectivity index (χ3n) is 3.51. The predicted molar refractivity (Wildman–Crippen MR) is 83.0 cm³/mol. The molecule has 0 atom stereocenters. The summed E-state index contributed by atoms with van der Waals surface area (Å²) in [5.41, 5.74) is 4.45. The van der Waals surface area contributed by atoms with Gasteiger partial charge in [-0.2, -0.15) is 0 Å². The number of hydrogen-bond donors (Lipinski definition) is 2. The molecule has 2 aromatic rings. The maximum Gasteiger partial charge on any atom is 0.251 e. The van der Waals surface area contributed by atoms with Gasteiger partial charge in [-0.05, 0) is 54.8 Å². The predicted octanol–water partition coefficient (Wildman–Crippen LogP) is 3.41. The minimum Gasteiger partial charge on any atom is -0.381 e. The number of hydrogen-bond acceptors (Lipinski definition) is 2. The molecule has 2 rings (SSSR count). The van der Waals surface area contributed by atoms with Crippen LogP contribution < -0.4 is 10.6 Å². The maximum atomic E-state index is 13.3. The SMILES string of the molecule is CNC(=O)c1ccc(C)c(NCc2cc(F)ccc2C)c1. The Morgan fingerprint density at radius 1 is 1.10 bits per heavy atom. The fraction of sp³-hybridized carbons (Fsp3) is 0.235. The van der Waals surface area contributed by atoms with E-state index in [1.165, 1.54) is 12.1 Å². The first-order valence-corrected chi connectivity index (χ1v) is 6.83. The summed E-state index contributed by atoms with van der Waals surface area (Å²) in [5, 5.41) is 5.87. The van der Waals surface area contributed by atoms with E-state index in [-0.39, 0.29) is 11.7 Å². The number of benzene rings is 2. The van der Waals surface area contributed by atoms with Gasteiger partial charge in [-0.15, -0.1) is 0 Å². The molecule has 0 radical (unpaired) electrons. The standard InChI is InChI=1S/C17H19FN2O/c1-11-5-7-15(18)8-14(11)10-20-16-9-13(17(21)19-3)6-4-12(16)2/h4-9,20H,10H2,1-3H3,(H,19,21). The lowest BCUT2D eigenvalue weighted by Crippen LogP contribution is -2.18. The molecule has 0 spiro atoms. The molecule has 0 unspecified atom stereocenters. The Morgan fingerprint density at radius 2 is 1.81 bits per heavy atom. The number of carbonyl (C=O) groups excluding carboxylic acids is 1. The van der Waals surface area contributed by atoms with Crippen LogP contribution >= 0.6 is 0 Å². The van der Waals surface area contributed by atoms with Gasteiger partial charge in [-0.3, -0.25) is 4.79 Å². The van der Waals surface area contributed by atoms with Gasteiger partial charge < -0.3 is 10.6 Å². The number of amides is 1. The van der Waals surface area contributed by atoms with Crippen molar-refractivity contribution in [3.8, 4) is 0 Å². The molecule has 0 saturated heterocycles. The molecule has 0 heterocycles. The van der Waals surface area contributed by atoms with Crippen LogP contribution in [0.5, 0.6) is 0 Å². The molecule has 0 bridgehead atoms. The fourth-order valence-electron chi connectivity index (χ4n) is 2.12. The van der Waals surface area contributed by atoms with E-state index in [1.54, 1.807) is 19.2 Å². The van der Waals surface area contributed by atoms with Crippen LogP contribution in [-0.2, 0) is 6.54 Å². The van der Waals surface area contributed by atoms with Crippen molar-refractivity contribution in [1.82, 2.24) is 5.32 Å². The zero-order valence-corrected chi connectivity index (χ0v) is 12.5. The lowest BCUT2D eigenvalue weighted by atomic mass is 10.1. The second kappa shape index (κ2) is 6.39. The summed E-state index contributed by atoms with van der Waals surface area (Å²) in [4.78, 5) is 11.7. The summed E-state index contributed by atoms with van der Waals surface area (Å²) in [6.45, 7) is 4.43. The lowest BCUT2D eigenvalue weighted by Gasteiger charge is -2.13. The van der Waals surface area contributed by atoms with Gasteiger partial charge in [0.2, 0.25) is 0 Å². The van der Waals surface area contributed by atoms with Crippen LogP contribution in [0.2, 0.25) is 0 Å². The average Bonchev–Trinajstić information content (AvgIpc) is 2.48. The topological polar surface area (TPSA) is 41.1 Å². The van der Waals surface area contributed by atoms with E-state index in [0.29, 0.717) is 12.1 Å². The number of carbonyl (C=O) groups is 1. The lowest BCUT2D eigenvalue weighted by molar-refractivity contribution is 0.0963. The van der Waals surface area contributed by atoms with E-state index in [2.05, 4.69) is 10.6 Å². The van der Waals surface area contributed by atoms with E-state index in [4.69, 9.17) is 0 Å². The number of rotatable bonds is 4. The third-order valence-corrected chi connectivity index (χ3v) is 3.51. The van der Waals surface area contributed by atoms with E-state index in [9.17, 15) is 9.18 Å². The number of nitrogens with one attached hydrogen (secondary N) is 2. The molecule has 0 aliphatic carbocycles. The minimum atomic E-state index is -0.242. The first-order chi connectivity index (χ1) is 10.0. The van der Waals surface area contributed by atoms with Crippen LogP contribution in [0.4, 0.5) is 10.1 Å². The van der Waals surface area contributed by atoms with Crippen LogP contribution in [0.3, 0.4) is 0 Å². The zero-order valence-electron chi connectivity index (χ0n) is 12.5. The molecule has 0 aromatic heterocycles. The molecular weight excluding hydrogens is 267 g/mol. The smallest absolute Gasteiger partial charge is 0.251 e. The number of halogens is 1. The molecule has 0 fully saturated rings. The largest absolute Gasteiger partial charge is 0.381 e. The monoisotopic (exact) mass is 286 g/mol. The van der Waals surface area contributed by atoms with Gasteiger partial charge in [0.1, 0.15) is 5.82 Å². The highest BCUT2D eigenvalue weighted by molar-refractivity contribution is 5.95. The van der Waals surface area contributed by atoms with Crippen molar-refractivity contribution < 1.29 is 9.18 Å². The molecule has 0 saturated carbocycles. The van der Waals surface area contributed by atoms with Crippen LogP contribution in [-0.4, -0.2) is 13.0 Å². The first kappa shape index (κ1) is 15.0. The van der Waals surface area contributed by atoms with Crippen molar-refractivity contribution in [2.24, 2.45) is 0 Å². The third kappa shape index (κ3) is 3.60. The van der Waals surface area contributed by atoms with E-state index in [0.717, 1.165) is 22.4 Å². The fourth-order valence-corrected chi connectivity index (χ4v) is 2.12. The average molecular weight is 286 g/mol. The molecule has 0 aliphatic rings. The van der Waals surface area contributed by atoms with Crippen molar-refractivity contribution in [3.05, 3.63) is 64.5 Å². The second-order valence-electron chi connectivity index (χ2n) is 5.03. The highest BCUT2D eigenvalue weighted by atomic mass is 19.1. The zero-order chi connectivity index (χ0) is 15.4. The van der Waals surface area contributed by atoms with Crippen molar-refractivity contribution >= 4 is 11.6 Å². The van der Waals surface area contributed by atoms with Gasteiger partial charge in [0.05, 0.1) is 0 Å². The van der Waals surface area contributed by atoms with E-state index >= 15 is 0 Å². The Morgan fingerprint density at radius 3 is 2.52 bits per heavy atom. The Hall–Kier alpha value is -2.36. The summed E-state index contributed by atoms with van der Waals surface area (Å²) >= 11 is 0. The Bertz CT molecular complexity index is 668. The van der Waals surface area contributed by atoms with Crippen LogP contribution in [0.25, 0.3) is 0 Å². The van der Waals surface area contributed by atoms with Crippen molar-refractivity contribution in [3.63, 3.8) is 0 Å². The van der Waals surface area contributed by atoms with Gasteiger partial charge in [-0.1, -0.05) is 12.1 Å². The Labute approximate surface area is 124 Å². The normalized spacial score (nSPS) is 10.3. The molecule has 2 N–H and O–H groups in total. The highest BCUT2D eigenvalue weighted by Crippen LogP contribution is 2.19. The first-order valence-electron chi connectivity index (χ1n) is 6.83. The second-order valence-corrected chi connectivity index (χ2v) is 5.03. The van der Waals surface area contributed by atoms with Crippen molar-refractivity contribution in [1.29, 1.82) is 0 Å². The molecule has 4 heteroatoms. The number of aryl methyl sites for hydroxylation is 2. The van der Waals surface area contributed by atoms with Crippen molar-refractivity contribution in [2.45, 2.75) is 20.4 Å². The summed E-state index contributed by atoms with van der Waals surface area (Å²) in [6.07, 6.45) is 0. The van der Waals surface area contributed by atoms with Crippen LogP contribution in [0.15, 0.2) is 36.4 Å². The summed E-state index contributed by atoms with van der Waals surface area (Å²) < 4.78 is 13.3. The quantitative estimate of drug-likeness (QED) is 0.904. The van der Waals surface area contributed by atoms with Crippen LogP contribution in [0, 0.1) is 19.7 Å². The van der Waals surface area contributed by atoms with Gasteiger partial charge >= 0.3 is 0 Å². The van der Waals surface area contributed by atoms with Gasteiger partial charge in [0, 0.05) is 24.8 Å². The molecule has 3 nitrogen and oxygen atoms in total. The minimum absolute atomic E-state index is 0.125. The van der Waals surface area contributed by atoms with Gasteiger partial charge in [0.25, 0.3) is 5.91 Å². The maximum absolute atomic E-state index is 13.3.